The van der Waals surface area contributed by atoms with Crippen molar-refractivity contribution in [1.82, 2.24) is 0 Å². The lowest BCUT2D eigenvalue weighted by Crippen LogP contribution is -1.98. The third-order valence-corrected chi connectivity index (χ3v) is 4.84. The van der Waals surface area contributed by atoms with E-state index in [4.69, 9.17) is 22.2 Å². The van der Waals surface area contributed by atoms with Gasteiger partial charge in [0.25, 0.3) is 7.42 Å². The summed E-state index contributed by atoms with van der Waals surface area (Å²) in [5.74, 6) is 0. The van der Waals surface area contributed by atoms with Crippen LogP contribution >= 0.6 is 22.2 Å². The van der Waals surface area contributed by atoms with Crippen molar-refractivity contribution < 1.29 is 0 Å². The topological polar surface area (TPSA) is 0 Å². The minimum Gasteiger partial charge on any atom is -0.144 e. The predicted molar refractivity (Wildman–Crippen MR) is 79.6 cm³/mol. The van der Waals surface area contributed by atoms with Crippen molar-refractivity contribution >= 4 is 40.8 Å². The molecule has 0 fully saturated rings. The molecule has 3 heteroatoms. The molecule has 2 aromatic rings. The van der Waals surface area contributed by atoms with E-state index in [0.29, 0.717) is 0 Å². The zero-order chi connectivity index (χ0) is 12.1. The molecule has 0 aliphatic heterocycles. The minimum absolute atomic E-state index is 1.06. The van der Waals surface area contributed by atoms with Gasteiger partial charge in [-0.2, -0.15) is 0 Å². The van der Waals surface area contributed by atoms with Gasteiger partial charge in [-0.05, 0) is 16.3 Å². The standard InChI is InChI=1S/C14H12Cl2Si/c15-17(16)14(13-9-5-2-6-10-13)11-12-7-3-1-4-8-12/h1-11,17H. The highest BCUT2D eigenvalue weighted by molar-refractivity contribution is 7.41. The second kappa shape index (κ2) is 6.06. The monoisotopic (exact) mass is 278 g/mol. The Morgan fingerprint density at radius 2 is 1.35 bits per heavy atom. The van der Waals surface area contributed by atoms with Gasteiger partial charge in [-0.3, -0.25) is 0 Å². The first-order valence-electron chi connectivity index (χ1n) is 5.37. The van der Waals surface area contributed by atoms with Crippen molar-refractivity contribution in [2.45, 2.75) is 0 Å². The first kappa shape index (κ1) is 12.4. The maximum absolute atomic E-state index is 6.16. The summed E-state index contributed by atoms with van der Waals surface area (Å²) in [6.07, 6.45) is 2.08. The summed E-state index contributed by atoms with van der Waals surface area (Å²) < 4.78 is 0. The zero-order valence-electron chi connectivity index (χ0n) is 9.18. The van der Waals surface area contributed by atoms with Gasteiger partial charge in [0.1, 0.15) is 0 Å². The Morgan fingerprint density at radius 3 is 1.88 bits per heavy atom. The first-order chi connectivity index (χ1) is 8.27. The fraction of sp³-hybridized carbons (Fsp3) is 0. The van der Waals surface area contributed by atoms with E-state index in [1.807, 2.05) is 60.7 Å². The summed E-state index contributed by atoms with van der Waals surface area (Å²) in [5, 5.41) is 1.06. The van der Waals surface area contributed by atoms with Crippen molar-refractivity contribution in [2.75, 3.05) is 0 Å². The quantitative estimate of drug-likeness (QED) is 0.442. The summed E-state index contributed by atoms with van der Waals surface area (Å²) in [7, 11) is -1.88. The smallest absolute Gasteiger partial charge is 0.144 e. The molecule has 0 amide bonds. The van der Waals surface area contributed by atoms with Crippen LogP contribution in [0, 0.1) is 0 Å². The van der Waals surface area contributed by atoms with Gasteiger partial charge in [0, 0.05) is 0 Å². The predicted octanol–water partition coefficient (Wildman–Crippen LogP) is 4.46. The molecule has 0 atom stereocenters. The van der Waals surface area contributed by atoms with Crippen LogP contribution in [0.4, 0.5) is 0 Å². The summed E-state index contributed by atoms with van der Waals surface area (Å²) in [4.78, 5) is 0. The van der Waals surface area contributed by atoms with E-state index in [-0.39, 0.29) is 0 Å². The third kappa shape index (κ3) is 3.47. The van der Waals surface area contributed by atoms with E-state index in [2.05, 4.69) is 6.08 Å². The molecule has 17 heavy (non-hydrogen) atoms. The van der Waals surface area contributed by atoms with Gasteiger partial charge >= 0.3 is 0 Å². The SMILES string of the molecule is Cl[SiH](Cl)C(=Cc1ccccc1)c1ccccc1. The van der Waals surface area contributed by atoms with E-state index >= 15 is 0 Å². The van der Waals surface area contributed by atoms with Gasteiger partial charge in [-0.15, -0.1) is 22.2 Å². The Bertz CT molecular complexity index is 492. The van der Waals surface area contributed by atoms with Crippen molar-refractivity contribution in [2.24, 2.45) is 0 Å². The normalized spacial score (nSPS) is 11.8. The molecule has 2 aromatic carbocycles. The van der Waals surface area contributed by atoms with Gasteiger partial charge in [0.15, 0.2) is 0 Å². The molecule has 0 bridgehead atoms. The molecule has 0 spiro atoms. The second-order valence-corrected chi connectivity index (χ2v) is 8.19. The summed E-state index contributed by atoms with van der Waals surface area (Å²) in [6, 6.07) is 20.2. The highest BCUT2D eigenvalue weighted by Crippen LogP contribution is 2.24. The first-order valence-corrected chi connectivity index (χ1v) is 9.44. The molecule has 0 heterocycles. The van der Waals surface area contributed by atoms with Crippen LogP contribution in [0.5, 0.6) is 0 Å². The fourth-order valence-electron chi connectivity index (χ4n) is 1.63. The van der Waals surface area contributed by atoms with Crippen molar-refractivity contribution in [3.05, 3.63) is 71.8 Å². The lowest BCUT2D eigenvalue weighted by Gasteiger charge is -2.07. The molecule has 0 radical (unpaired) electrons. The number of halogens is 2. The maximum Gasteiger partial charge on any atom is 0.267 e. The largest absolute Gasteiger partial charge is 0.267 e. The van der Waals surface area contributed by atoms with Crippen LogP contribution in [-0.4, -0.2) is 7.42 Å². The molecule has 0 saturated heterocycles. The van der Waals surface area contributed by atoms with E-state index in [9.17, 15) is 0 Å². The zero-order valence-corrected chi connectivity index (χ0v) is 11.9. The third-order valence-electron chi connectivity index (χ3n) is 2.46. The lowest BCUT2D eigenvalue weighted by molar-refractivity contribution is 1.63. The molecule has 0 aliphatic carbocycles. The highest BCUT2D eigenvalue weighted by atomic mass is 35.7. The van der Waals surface area contributed by atoms with Crippen LogP contribution in [0.2, 0.25) is 0 Å². The van der Waals surface area contributed by atoms with Crippen LogP contribution in [0.3, 0.4) is 0 Å². The molecule has 2 rings (SSSR count). The molecule has 0 unspecified atom stereocenters. The van der Waals surface area contributed by atoms with E-state index in [1.165, 1.54) is 0 Å². The van der Waals surface area contributed by atoms with Crippen molar-refractivity contribution in [3.8, 4) is 0 Å². The number of rotatable bonds is 3. The van der Waals surface area contributed by atoms with Gasteiger partial charge in [0.05, 0.1) is 0 Å². The van der Waals surface area contributed by atoms with Crippen molar-refractivity contribution in [1.29, 1.82) is 0 Å². The maximum atomic E-state index is 6.16. The van der Waals surface area contributed by atoms with Crippen LogP contribution in [0.1, 0.15) is 11.1 Å². The van der Waals surface area contributed by atoms with Crippen LogP contribution < -0.4 is 0 Å². The molecular weight excluding hydrogens is 267 g/mol. The van der Waals surface area contributed by atoms with Crippen LogP contribution in [0.15, 0.2) is 60.7 Å². The highest BCUT2D eigenvalue weighted by Gasteiger charge is 2.12. The Morgan fingerprint density at radius 1 is 0.824 bits per heavy atom. The Balaban J connectivity index is 2.40. The van der Waals surface area contributed by atoms with Gasteiger partial charge in [-0.25, -0.2) is 0 Å². The number of hydrogen-bond acceptors (Lipinski definition) is 0. The fourth-order valence-corrected chi connectivity index (χ4v) is 3.53. The number of hydrogen-bond donors (Lipinski definition) is 0. The van der Waals surface area contributed by atoms with Gasteiger partial charge in [-0.1, -0.05) is 66.7 Å². The molecule has 0 N–H and O–H groups in total. The van der Waals surface area contributed by atoms with Gasteiger partial charge < -0.3 is 0 Å². The Hall–Kier alpha value is -1.02. The summed E-state index contributed by atoms with van der Waals surface area (Å²) in [6.45, 7) is 0. The second-order valence-electron chi connectivity index (χ2n) is 3.68. The molecule has 0 nitrogen and oxygen atoms in total. The molecule has 86 valence electrons. The lowest BCUT2D eigenvalue weighted by atomic mass is 10.1. The average molecular weight is 279 g/mol. The molecule has 0 aliphatic rings. The summed E-state index contributed by atoms with van der Waals surface area (Å²) in [5.41, 5.74) is 2.24. The summed E-state index contributed by atoms with van der Waals surface area (Å²) >= 11 is 12.3. The van der Waals surface area contributed by atoms with Gasteiger partial charge in [0.2, 0.25) is 0 Å². The number of benzene rings is 2. The molecule has 0 aromatic heterocycles. The van der Waals surface area contributed by atoms with E-state index < -0.39 is 7.42 Å². The van der Waals surface area contributed by atoms with Crippen LogP contribution in [0.25, 0.3) is 11.3 Å². The van der Waals surface area contributed by atoms with E-state index in [0.717, 1.165) is 16.3 Å². The molecule has 0 saturated carbocycles. The Labute approximate surface area is 113 Å². The van der Waals surface area contributed by atoms with E-state index in [1.54, 1.807) is 0 Å². The van der Waals surface area contributed by atoms with Crippen LogP contribution in [-0.2, 0) is 0 Å². The minimum atomic E-state index is -1.88. The Kier molecular flexibility index (Phi) is 4.43. The molecular formula is C14H12Cl2Si. The van der Waals surface area contributed by atoms with Crippen molar-refractivity contribution in [3.63, 3.8) is 0 Å². The average Bonchev–Trinajstić information content (AvgIpc) is 2.38.